The average molecular weight is 329 g/mol. The van der Waals surface area contributed by atoms with E-state index in [2.05, 4.69) is 15.9 Å². The highest BCUT2D eigenvalue weighted by molar-refractivity contribution is 9.10. The molecule has 19 heavy (non-hydrogen) atoms. The van der Waals surface area contributed by atoms with Gasteiger partial charge in [-0.3, -0.25) is 4.79 Å². The third kappa shape index (κ3) is 2.31. The molecule has 1 aromatic carbocycles. The molecule has 0 atom stereocenters. The molecule has 5 heteroatoms. The Kier molecular flexibility index (Phi) is 4.04. The number of hydrogen-bond donors (Lipinski definition) is 1. The predicted molar refractivity (Wildman–Crippen MR) is 75.0 cm³/mol. The molecular weight excluding hydrogens is 312 g/mol. The molecule has 1 aliphatic carbocycles. The van der Waals surface area contributed by atoms with Crippen molar-refractivity contribution in [3.8, 4) is 11.5 Å². The monoisotopic (exact) mass is 328 g/mol. The number of rotatable bonds is 4. The molecule has 0 aromatic heterocycles. The molecule has 1 saturated carbocycles. The van der Waals surface area contributed by atoms with E-state index in [-0.39, 0.29) is 0 Å². The lowest BCUT2D eigenvalue weighted by Gasteiger charge is -2.26. The van der Waals surface area contributed by atoms with Crippen LogP contribution in [0.4, 0.5) is 0 Å². The summed E-state index contributed by atoms with van der Waals surface area (Å²) in [4.78, 5) is 11.7. The Labute approximate surface area is 120 Å². The Balaban J connectivity index is 2.57. The Morgan fingerprint density at radius 1 is 1.21 bits per heavy atom. The molecule has 0 radical (unpaired) electrons. The highest BCUT2D eigenvalue weighted by Gasteiger charge is 2.44. The van der Waals surface area contributed by atoms with Crippen LogP contribution < -0.4 is 9.47 Å². The van der Waals surface area contributed by atoms with Crippen molar-refractivity contribution in [2.24, 2.45) is 0 Å². The third-order valence-corrected chi connectivity index (χ3v) is 4.51. The van der Waals surface area contributed by atoms with Gasteiger partial charge >= 0.3 is 5.97 Å². The number of carboxylic acids is 1. The van der Waals surface area contributed by atoms with Crippen LogP contribution in [0, 0.1) is 0 Å². The minimum Gasteiger partial charge on any atom is -0.493 e. The summed E-state index contributed by atoms with van der Waals surface area (Å²) in [5, 5.41) is 9.64. The predicted octanol–water partition coefficient (Wildman–Crippen LogP) is 3.36. The van der Waals surface area contributed by atoms with Gasteiger partial charge in [0.25, 0.3) is 0 Å². The number of hydrogen-bond acceptors (Lipinski definition) is 3. The number of halogens is 1. The number of aliphatic carboxylic acids is 1. The lowest BCUT2D eigenvalue weighted by molar-refractivity contribution is -0.143. The van der Waals surface area contributed by atoms with Gasteiger partial charge in [-0.05, 0) is 30.5 Å². The number of carboxylic acid groups (broad SMARTS) is 1. The molecule has 1 N–H and O–H groups in total. The molecule has 0 aliphatic heterocycles. The first-order valence-corrected chi connectivity index (χ1v) is 7.00. The van der Waals surface area contributed by atoms with Gasteiger partial charge in [-0.1, -0.05) is 28.8 Å². The maximum atomic E-state index is 11.7. The molecule has 0 spiro atoms. The minimum absolute atomic E-state index is 0.563. The van der Waals surface area contributed by atoms with Crippen LogP contribution in [0.3, 0.4) is 0 Å². The number of methoxy groups -OCH3 is 2. The van der Waals surface area contributed by atoms with Crippen LogP contribution >= 0.6 is 15.9 Å². The maximum Gasteiger partial charge on any atom is 0.314 e. The second-order valence-electron chi connectivity index (χ2n) is 4.78. The number of ether oxygens (including phenoxy) is 2. The van der Waals surface area contributed by atoms with Crippen LogP contribution in [-0.4, -0.2) is 25.3 Å². The second kappa shape index (κ2) is 5.41. The van der Waals surface area contributed by atoms with Gasteiger partial charge in [0.15, 0.2) is 11.5 Å². The summed E-state index contributed by atoms with van der Waals surface area (Å²) >= 11 is 3.47. The van der Waals surface area contributed by atoms with Gasteiger partial charge in [0.1, 0.15) is 0 Å². The lowest BCUT2D eigenvalue weighted by Crippen LogP contribution is -2.33. The zero-order valence-corrected chi connectivity index (χ0v) is 12.6. The highest BCUT2D eigenvalue weighted by atomic mass is 79.9. The van der Waals surface area contributed by atoms with Crippen molar-refractivity contribution in [3.63, 3.8) is 0 Å². The minimum atomic E-state index is -0.807. The number of benzene rings is 1. The molecule has 0 saturated heterocycles. The Bertz CT molecular complexity index is 492. The molecule has 0 unspecified atom stereocenters. The summed E-state index contributed by atoms with van der Waals surface area (Å²) in [6, 6.07) is 3.56. The molecule has 2 rings (SSSR count). The third-order valence-electron chi connectivity index (χ3n) is 3.86. The van der Waals surface area contributed by atoms with Crippen molar-refractivity contribution < 1.29 is 19.4 Å². The average Bonchev–Trinajstić information content (AvgIpc) is 2.88. The van der Waals surface area contributed by atoms with Crippen molar-refractivity contribution in [1.29, 1.82) is 0 Å². The van der Waals surface area contributed by atoms with E-state index < -0.39 is 11.4 Å². The van der Waals surface area contributed by atoms with Gasteiger partial charge in [-0.2, -0.15) is 0 Å². The molecule has 0 bridgehead atoms. The van der Waals surface area contributed by atoms with Crippen LogP contribution in [0.1, 0.15) is 31.2 Å². The van der Waals surface area contributed by atoms with E-state index >= 15 is 0 Å². The molecule has 4 nitrogen and oxygen atoms in total. The van der Waals surface area contributed by atoms with Gasteiger partial charge in [-0.25, -0.2) is 0 Å². The van der Waals surface area contributed by atoms with Crippen LogP contribution in [0.5, 0.6) is 11.5 Å². The highest BCUT2D eigenvalue weighted by Crippen LogP contribution is 2.47. The molecular formula is C14H17BrO4. The van der Waals surface area contributed by atoms with Crippen LogP contribution in [0.15, 0.2) is 16.6 Å². The van der Waals surface area contributed by atoms with E-state index in [1.807, 2.05) is 0 Å². The van der Waals surface area contributed by atoms with Crippen molar-refractivity contribution >= 4 is 21.9 Å². The Morgan fingerprint density at radius 3 is 2.21 bits per heavy atom. The fraction of sp³-hybridized carbons (Fsp3) is 0.500. The molecule has 1 aliphatic rings. The molecule has 1 fully saturated rings. The molecule has 0 heterocycles. The van der Waals surface area contributed by atoms with Gasteiger partial charge in [0.2, 0.25) is 0 Å². The van der Waals surface area contributed by atoms with E-state index in [1.165, 1.54) is 0 Å². The van der Waals surface area contributed by atoms with Gasteiger partial charge in [-0.15, -0.1) is 0 Å². The summed E-state index contributed by atoms with van der Waals surface area (Å²) in [6.07, 6.45) is 3.20. The van der Waals surface area contributed by atoms with E-state index in [0.717, 1.165) is 22.9 Å². The lowest BCUT2D eigenvalue weighted by atomic mass is 9.79. The van der Waals surface area contributed by atoms with Gasteiger partial charge in [0.05, 0.1) is 19.6 Å². The van der Waals surface area contributed by atoms with Crippen molar-refractivity contribution in [2.75, 3.05) is 14.2 Å². The van der Waals surface area contributed by atoms with Crippen molar-refractivity contribution in [2.45, 2.75) is 31.1 Å². The zero-order chi connectivity index (χ0) is 14.0. The Morgan fingerprint density at radius 2 is 1.74 bits per heavy atom. The van der Waals surface area contributed by atoms with Crippen LogP contribution in [-0.2, 0) is 10.2 Å². The summed E-state index contributed by atoms with van der Waals surface area (Å²) in [7, 11) is 3.12. The summed E-state index contributed by atoms with van der Waals surface area (Å²) in [5.74, 6) is 0.391. The quantitative estimate of drug-likeness (QED) is 0.920. The zero-order valence-electron chi connectivity index (χ0n) is 11.0. The van der Waals surface area contributed by atoms with Crippen LogP contribution in [0.2, 0.25) is 0 Å². The first-order valence-electron chi connectivity index (χ1n) is 6.20. The topological polar surface area (TPSA) is 55.8 Å². The molecule has 0 amide bonds. The van der Waals surface area contributed by atoms with E-state index in [4.69, 9.17) is 9.47 Å². The maximum absolute atomic E-state index is 11.7. The SMILES string of the molecule is COc1cc(Br)c(C2(C(=O)O)CCCC2)cc1OC. The largest absolute Gasteiger partial charge is 0.493 e. The summed E-state index contributed by atoms with van der Waals surface area (Å²) in [6.45, 7) is 0. The molecule has 1 aromatic rings. The molecule has 104 valence electrons. The first kappa shape index (κ1) is 14.2. The smallest absolute Gasteiger partial charge is 0.314 e. The van der Waals surface area contributed by atoms with Crippen molar-refractivity contribution in [1.82, 2.24) is 0 Å². The fourth-order valence-corrected chi connectivity index (χ4v) is 3.50. The van der Waals surface area contributed by atoms with Crippen molar-refractivity contribution in [3.05, 3.63) is 22.2 Å². The summed E-state index contributed by atoms with van der Waals surface area (Å²) < 4.78 is 11.3. The van der Waals surface area contributed by atoms with E-state index in [1.54, 1.807) is 26.4 Å². The van der Waals surface area contributed by atoms with Gasteiger partial charge < -0.3 is 14.6 Å². The van der Waals surface area contributed by atoms with E-state index in [0.29, 0.717) is 24.3 Å². The van der Waals surface area contributed by atoms with Gasteiger partial charge in [0, 0.05) is 4.47 Å². The Hall–Kier alpha value is -1.23. The number of carbonyl (C=O) groups is 1. The van der Waals surface area contributed by atoms with E-state index in [9.17, 15) is 9.90 Å². The second-order valence-corrected chi connectivity index (χ2v) is 5.64. The van der Waals surface area contributed by atoms with Crippen LogP contribution in [0.25, 0.3) is 0 Å². The summed E-state index contributed by atoms with van der Waals surface area (Å²) in [5.41, 5.74) is -0.0339. The first-order chi connectivity index (χ1) is 9.05. The fourth-order valence-electron chi connectivity index (χ4n) is 2.80. The normalized spacial score (nSPS) is 17.2. The standard InChI is InChI=1S/C14H17BrO4/c1-18-11-7-9(10(15)8-12(11)19-2)14(13(16)17)5-3-4-6-14/h7-8H,3-6H2,1-2H3,(H,16,17).